The van der Waals surface area contributed by atoms with Crippen molar-refractivity contribution in [3.05, 3.63) is 35.4 Å². The summed E-state index contributed by atoms with van der Waals surface area (Å²) >= 11 is 0. The molecular formula is C16H22N2O4. The van der Waals surface area contributed by atoms with Gasteiger partial charge in [0, 0.05) is 31.1 Å². The molecule has 0 aliphatic heterocycles. The fraction of sp³-hybridized carbons (Fsp3) is 0.500. The second-order valence-corrected chi connectivity index (χ2v) is 5.43. The van der Waals surface area contributed by atoms with Gasteiger partial charge in [0.1, 0.15) is 0 Å². The highest BCUT2D eigenvalue weighted by Gasteiger charge is 2.29. The first-order chi connectivity index (χ1) is 10.7. The number of aliphatic hydroxyl groups excluding tert-OH is 2. The van der Waals surface area contributed by atoms with Crippen molar-refractivity contribution in [2.75, 3.05) is 26.3 Å². The fourth-order valence-electron chi connectivity index (χ4n) is 2.18. The maximum absolute atomic E-state index is 12.2. The molecule has 2 rings (SSSR count). The molecule has 1 aromatic carbocycles. The number of amides is 2. The van der Waals surface area contributed by atoms with Crippen molar-refractivity contribution in [3.63, 3.8) is 0 Å². The molecule has 0 bridgehead atoms. The summed E-state index contributed by atoms with van der Waals surface area (Å²) in [5.74, 6) is 0.0558. The summed E-state index contributed by atoms with van der Waals surface area (Å²) in [4.78, 5) is 25.2. The molecule has 1 saturated carbocycles. The van der Waals surface area contributed by atoms with E-state index in [-0.39, 0.29) is 44.0 Å². The van der Waals surface area contributed by atoms with Crippen molar-refractivity contribution >= 4 is 11.8 Å². The molecule has 1 aromatic rings. The highest BCUT2D eigenvalue weighted by Crippen LogP contribution is 2.28. The Kier molecular flexibility index (Phi) is 5.91. The van der Waals surface area contributed by atoms with Crippen LogP contribution in [0.1, 0.15) is 28.8 Å². The summed E-state index contributed by atoms with van der Waals surface area (Å²) in [6.45, 7) is 0.562. The van der Waals surface area contributed by atoms with E-state index in [1.54, 1.807) is 24.3 Å². The van der Waals surface area contributed by atoms with Crippen molar-refractivity contribution < 1.29 is 19.8 Å². The third kappa shape index (κ3) is 4.54. The molecule has 3 N–H and O–H groups in total. The molecule has 0 radical (unpaired) electrons. The van der Waals surface area contributed by atoms with Gasteiger partial charge in [-0.1, -0.05) is 12.1 Å². The van der Waals surface area contributed by atoms with Crippen LogP contribution < -0.4 is 5.32 Å². The Labute approximate surface area is 129 Å². The zero-order valence-electron chi connectivity index (χ0n) is 12.5. The van der Waals surface area contributed by atoms with E-state index < -0.39 is 0 Å². The third-order valence-electron chi connectivity index (χ3n) is 3.64. The number of rotatable bonds is 8. The normalized spacial score (nSPS) is 13.7. The van der Waals surface area contributed by atoms with Gasteiger partial charge < -0.3 is 20.4 Å². The molecule has 0 heterocycles. The van der Waals surface area contributed by atoms with Crippen LogP contribution in [0.2, 0.25) is 0 Å². The smallest absolute Gasteiger partial charge is 0.254 e. The van der Waals surface area contributed by atoms with Crippen molar-refractivity contribution in [3.8, 4) is 0 Å². The average Bonchev–Trinajstić information content (AvgIpc) is 3.37. The Bertz CT molecular complexity index is 505. The number of nitrogens with one attached hydrogen (secondary N) is 1. The number of benzene rings is 1. The molecular weight excluding hydrogens is 284 g/mol. The summed E-state index contributed by atoms with van der Waals surface area (Å²) in [6, 6.07) is 7.00. The number of carbonyl (C=O) groups is 2. The molecule has 0 aromatic heterocycles. The number of nitrogens with zero attached hydrogens (tertiary/aromatic N) is 1. The van der Waals surface area contributed by atoms with Crippen LogP contribution in [0, 0.1) is 5.92 Å². The zero-order chi connectivity index (χ0) is 15.9. The molecule has 6 nitrogen and oxygen atoms in total. The van der Waals surface area contributed by atoms with Crippen molar-refractivity contribution in [1.29, 1.82) is 0 Å². The van der Waals surface area contributed by atoms with Crippen molar-refractivity contribution in [2.24, 2.45) is 5.92 Å². The molecule has 2 amide bonds. The minimum Gasteiger partial charge on any atom is -0.395 e. The van der Waals surface area contributed by atoms with Gasteiger partial charge in [-0.15, -0.1) is 0 Å². The maximum Gasteiger partial charge on any atom is 0.254 e. The van der Waals surface area contributed by atoms with Gasteiger partial charge in [0.2, 0.25) is 5.91 Å². The topological polar surface area (TPSA) is 89.9 Å². The van der Waals surface area contributed by atoms with Crippen LogP contribution in [-0.2, 0) is 11.3 Å². The first kappa shape index (κ1) is 16.5. The number of hydrogen-bond donors (Lipinski definition) is 3. The minimum absolute atomic E-state index is 0.0946. The van der Waals surface area contributed by atoms with Gasteiger partial charge in [0.25, 0.3) is 5.91 Å². The van der Waals surface area contributed by atoms with E-state index in [0.717, 1.165) is 18.4 Å². The van der Waals surface area contributed by atoms with Gasteiger partial charge in [-0.25, -0.2) is 0 Å². The lowest BCUT2D eigenvalue weighted by Crippen LogP contribution is -2.35. The monoisotopic (exact) mass is 306 g/mol. The summed E-state index contributed by atoms with van der Waals surface area (Å²) in [6.07, 6.45) is 1.95. The summed E-state index contributed by atoms with van der Waals surface area (Å²) < 4.78 is 0. The average molecular weight is 306 g/mol. The van der Waals surface area contributed by atoms with Crippen LogP contribution in [-0.4, -0.2) is 53.2 Å². The molecule has 0 saturated heterocycles. The van der Waals surface area contributed by atoms with E-state index in [0.29, 0.717) is 12.1 Å². The van der Waals surface area contributed by atoms with Crippen LogP contribution in [0.4, 0.5) is 0 Å². The van der Waals surface area contributed by atoms with Gasteiger partial charge >= 0.3 is 0 Å². The lowest BCUT2D eigenvalue weighted by atomic mass is 10.1. The van der Waals surface area contributed by atoms with E-state index in [1.807, 2.05) is 0 Å². The maximum atomic E-state index is 12.2. The number of hydrogen-bond acceptors (Lipinski definition) is 4. The second kappa shape index (κ2) is 7.91. The van der Waals surface area contributed by atoms with Crippen LogP contribution in [0.25, 0.3) is 0 Å². The molecule has 1 fully saturated rings. The highest BCUT2D eigenvalue weighted by molar-refractivity contribution is 5.94. The Balaban J connectivity index is 1.91. The molecule has 0 spiro atoms. The Morgan fingerprint density at radius 3 is 2.18 bits per heavy atom. The molecule has 6 heteroatoms. The minimum atomic E-state index is -0.225. The molecule has 1 aliphatic carbocycles. The van der Waals surface area contributed by atoms with Crippen molar-refractivity contribution in [2.45, 2.75) is 19.4 Å². The Morgan fingerprint density at radius 2 is 1.68 bits per heavy atom. The van der Waals surface area contributed by atoms with E-state index in [1.165, 1.54) is 4.90 Å². The predicted octanol–water partition coefficient (Wildman–Crippen LogP) is 0.140. The molecule has 0 atom stereocenters. The van der Waals surface area contributed by atoms with Crippen LogP contribution in [0.3, 0.4) is 0 Å². The number of carbonyl (C=O) groups excluding carboxylic acids is 2. The summed E-state index contributed by atoms with van der Waals surface area (Å²) in [7, 11) is 0. The largest absolute Gasteiger partial charge is 0.395 e. The Hall–Kier alpha value is -1.92. The SMILES string of the molecule is O=C(NCc1ccc(C(=O)N(CCO)CCO)cc1)C1CC1. The van der Waals surface area contributed by atoms with Crippen molar-refractivity contribution in [1.82, 2.24) is 10.2 Å². The van der Waals surface area contributed by atoms with E-state index in [9.17, 15) is 9.59 Å². The molecule has 1 aliphatic rings. The predicted molar refractivity (Wildman–Crippen MR) is 81.1 cm³/mol. The van der Waals surface area contributed by atoms with Gasteiger partial charge in [-0.05, 0) is 30.5 Å². The number of aliphatic hydroxyl groups is 2. The summed E-state index contributed by atoms with van der Waals surface area (Å²) in [5.41, 5.74) is 1.43. The van der Waals surface area contributed by atoms with Gasteiger partial charge in [-0.2, -0.15) is 0 Å². The second-order valence-electron chi connectivity index (χ2n) is 5.43. The Morgan fingerprint density at radius 1 is 1.09 bits per heavy atom. The fourth-order valence-corrected chi connectivity index (χ4v) is 2.18. The molecule has 0 unspecified atom stereocenters. The van der Waals surface area contributed by atoms with E-state index in [4.69, 9.17) is 10.2 Å². The first-order valence-electron chi connectivity index (χ1n) is 7.53. The first-order valence-corrected chi connectivity index (χ1v) is 7.53. The van der Waals surface area contributed by atoms with Crippen LogP contribution in [0.15, 0.2) is 24.3 Å². The van der Waals surface area contributed by atoms with Gasteiger partial charge in [-0.3, -0.25) is 9.59 Å². The molecule has 120 valence electrons. The van der Waals surface area contributed by atoms with Crippen LogP contribution in [0.5, 0.6) is 0 Å². The van der Waals surface area contributed by atoms with E-state index >= 15 is 0 Å². The lowest BCUT2D eigenvalue weighted by Gasteiger charge is -2.20. The van der Waals surface area contributed by atoms with Crippen LogP contribution >= 0.6 is 0 Å². The quantitative estimate of drug-likeness (QED) is 0.637. The van der Waals surface area contributed by atoms with Gasteiger partial charge in [0.15, 0.2) is 0 Å². The van der Waals surface area contributed by atoms with E-state index in [2.05, 4.69) is 5.32 Å². The highest BCUT2D eigenvalue weighted by atomic mass is 16.3. The molecule has 22 heavy (non-hydrogen) atoms. The van der Waals surface area contributed by atoms with Gasteiger partial charge in [0.05, 0.1) is 13.2 Å². The summed E-state index contributed by atoms with van der Waals surface area (Å²) in [5, 5.41) is 20.8. The third-order valence-corrected chi connectivity index (χ3v) is 3.64. The zero-order valence-corrected chi connectivity index (χ0v) is 12.5. The lowest BCUT2D eigenvalue weighted by molar-refractivity contribution is -0.122. The standard InChI is InChI=1S/C16H22N2O4/c19-9-7-18(8-10-20)16(22)14-3-1-12(2-4-14)11-17-15(21)13-5-6-13/h1-4,13,19-20H,5-11H2,(H,17,21).